The van der Waals surface area contributed by atoms with E-state index in [1.54, 1.807) is 31.4 Å². The minimum atomic E-state index is -0.310. The van der Waals surface area contributed by atoms with Gasteiger partial charge in [0, 0.05) is 11.1 Å². The molecule has 1 amide bonds. The molecule has 3 rings (SSSR count). The van der Waals surface area contributed by atoms with Gasteiger partial charge in [-0.1, -0.05) is 23.4 Å². The van der Waals surface area contributed by atoms with Gasteiger partial charge in [-0.25, -0.2) is 0 Å². The molecular formula is C15H12ClIN2O3S. The van der Waals surface area contributed by atoms with Crippen molar-refractivity contribution >= 4 is 63.6 Å². The van der Waals surface area contributed by atoms with Crippen molar-refractivity contribution < 1.29 is 13.9 Å². The monoisotopic (exact) mass is 462 g/mol. The van der Waals surface area contributed by atoms with E-state index >= 15 is 0 Å². The second kappa shape index (κ2) is 7.06. The second-order valence-electron chi connectivity index (χ2n) is 4.61. The van der Waals surface area contributed by atoms with Crippen LogP contribution in [-0.2, 0) is 4.79 Å². The molecule has 23 heavy (non-hydrogen) atoms. The highest BCUT2D eigenvalue weighted by molar-refractivity contribution is 14.1. The number of ether oxygens (including phenoxy) is 1. The van der Waals surface area contributed by atoms with Gasteiger partial charge in [-0.15, -0.1) is 0 Å². The molecule has 1 fully saturated rings. The van der Waals surface area contributed by atoms with Crippen LogP contribution >= 0.6 is 46.0 Å². The average Bonchev–Trinajstić information content (AvgIpc) is 3.06. The minimum Gasteiger partial charge on any atom is -0.495 e. The number of nitrogens with one attached hydrogen (secondary N) is 2. The predicted molar refractivity (Wildman–Crippen MR) is 101 cm³/mol. The highest BCUT2D eigenvalue weighted by atomic mass is 127. The Hall–Kier alpha value is -1.32. The molecule has 0 aliphatic carbocycles. The maximum Gasteiger partial charge on any atom is 0.260 e. The van der Waals surface area contributed by atoms with E-state index in [1.165, 1.54) is 11.8 Å². The zero-order chi connectivity index (χ0) is 16.4. The van der Waals surface area contributed by atoms with Crippen LogP contribution in [0.3, 0.4) is 0 Å². The number of methoxy groups -OCH3 is 1. The first kappa shape index (κ1) is 16.5. The first-order chi connectivity index (χ1) is 11.0. The van der Waals surface area contributed by atoms with Crippen molar-refractivity contribution in [2.24, 2.45) is 0 Å². The summed E-state index contributed by atoms with van der Waals surface area (Å²) in [5.74, 6) is 1.15. The Morgan fingerprint density at radius 3 is 2.96 bits per heavy atom. The highest BCUT2D eigenvalue weighted by Crippen LogP contribution is 2.34. The van der Waals surface area contributed by atoms with Gasteiger partial charge < -0.3 is 19.8 Å². The number of halogens is 2. The number of carbonyl (C=O) groups is 1. The molecule has 2 N–H and O–H groups in total. The van der Waals surface area contributed by atoms with Gasteiger partial charge in [0.2, 0.25) is 0 Å². The second-order valence-corrected chi connectivity index (χ2v) is 7.26. The number of hydrogen-bond donors (Lipinski definition) is 2. The number of thioether (sulfide) groups is 1. The third-order valence-corrected chi connectivity index (χ3v) is 4.89. The van der Waals surface area contributed by atoms with Gasteiger partial charge in [0.05, 0.1) is 17.7 Å². The van der Waals surface area contributed by atoms with E-state index in [0.717, 1.165) is 3.77 Å². The Balaban J connectivity index is 1.75. The minimum absolute atomic E-state index is 0.153. The Morgan fingerprint density at radius 1 is 1.43 bits per heavy atom. The number of carbonyl (C=O) groups excluding carboxylic acids is 1. The van der Waals surface area contributed by atoms with E-state index in [4.69, 9.17) is 20.8 Å². The summed E-state index contributed by atoms with van der Waals surface area (Å²) in [7, 11) is 1.58. The third-order valence-electron chi connectivity index (χ3n) is 3.05. The smallest absolute Gasteiger partial charge is 0.260 e. The molecule has 2 aromatic rings. The van der Waals surface area contributed by atoms with Crippen LogP contribution < -0.4 is 15.4 Å². The summed E-state index contributed by atoms with van der Waals surface area (Å²) in [6, 6.07) is 8.94. The molecule has 1 aromatic carbocycles. The van der Waals surface area contributed by atoms with Crippen molar-refractivity contribution in [2.45, 2.75) is 5.50 Å². The fourth-order valence-electron chi connectivity index (χ4n) is 2.03. The van der Waals surface area contributed by atoms with E-state index in [2.05, 4.69) is 33.2 Å². The maximum absolute atomic E-state index is 12.1. The largest absolute Gasteiger partial charge is 0.495 e. The van der Waals surface area contributed by atoms with Crippen molar-refractivity contribution in [3.8, 4) is 5.75 Å². The molecule has 0 saturated carbocycles. The van der Waals surface area contributed by atoms with Gasteiger partial charge in [-0.3, -0.25) is 4.79 Å². The number of anilines is 1. The standard InChI is InChI=1S/C15H12ClIN2O3S/c1-21-11-4-2-8(16)6-10(11)18-15-19-14(20)12(23-15)7-9-3-5-13(17)22-9/h2-7,15,18H,1H3,(H,19,20)/b12-7-. The van der Waals surface area contributed by atoms with E-state index < -0.39 is 0 Å². The first-order valence-electron chi connectivity index (χ1n) is 6.60. The third kappa shape index (κ3) is 3.96. The Kier molecular flexibility index (Phi) is 5.08. The summed E-state index contributed by atoms with van der Waals surface area (Å²) in [4.78, 5) is 12.6. The molecule has 2 heterocycles. The molecule has 1 atom stereocenters. The normalized spacial score (nSPS) is 19.0. The SMILES string of the molecule is COc1ccc(Cl)cc1NC1NC(=O)/C(=C/c2ccc(I)o2)S1. The van der Waals surface area contributed by atoms with Crippen molar-refractivity contribution in [3.63, 3.8) is 0 Å². The van der Waals surface area contributed by atoms with Crippen molar-refractivity contribution in [1.29, 1.82) is 0 Å². The van der Waals surface area contributed by atoms with Crippen LogP contribution in [0.25, 0.3) is 6.08 Å². The number of benzene rings is 1. The van der Waals surface area contributed by atoms with Crippen LogP contribution in [0.1, 0.15) is 5.76 Å². The van der Waals surface area contributed by atoms with Gasteiger partial charge in [0.15, 0.2) is 9.26 Å². The topological polar surface area (TPSA) is 63.5 Å². The van der Waals surface area contributed by atoms with Crippen LogP contribution in [0.2, 0.25) is 5.02 Å². The Bertz CT molecular complexity index is 778. The molecule has 120 valence electrons. The molecule has 0 spiro atoms. The van der Waals surface area contributed by atoms with Crippen LogP contribution in [0, 0.1) is 3.77 Å². The zero-order valence-electron chi connectivity index (χ0n) is 11.9. The molecule has 0 radical (unpaired) electrons. The summed E-state index contributed by atoms with van der Waals surface area (Å²) in [6.07, 6.45) is 1.72. The summed E-state index contributed by atoms with van der Waals surface area (Å²) >= 11 is 9.46. The Morgan fingerprint density at radius 2 is 2.26 bits per heavy atom. The van der Waals surface area contributed by atoms with Gasteiger partial charge in [-0.05, 0) is 52.9 Å². The van der Waals surface area contributed by atoms with E-state index in [9.17, 15) is 4.79 Å². The number of rotatable bonds is 4. The fourth-order valence-corrected chi connectivity index (χ4v) is 3.60. The first-order valence-corrected chi connectivity index (χ1v) is 8.93. The number of hydrogen-bond acceptors (Lipinski definition) is 5. The van der Waals surface area contributed by atoms with Crippen molar-refractivity contribution in [1.82, 2.24) is 5.32 Å². The zero-order valence-corrected chi connectivity index (χ0v) is 15.7. The average molecular weight is 463 g/mol. The number of amides is 1. The molecule has 1 aliphatic rings. The molecular weight excluding hydrogens is 451 g/mol. The summed E-state index contributed by atoms with van der Waals surface area (Å²) < 4.78 is 11.5. The van der Waals surface area contributed by atoms with Crippen LogP contribution in [-0.4, -0.2) is 18.5 Å². The van der Waals surface area contributed by atoms with Crippen LogP contribution in [0.5, 0.6) is 5.75 Å². The van der Waals surface area contributed by atoms with E-state index in [0.29, 0.717) is 27.1 Å². The lowest BCUT2D eigenvalue weighted by Crippen LogP contribution is -2.31. The maximum atomic E-state index is 12.1. The fraction of sp³-hybridized carbons (Fsp3) is 0.133. The van der Waals surface area contributed by atoms with E-state index in [-0.39, 0.29) is 11.4 Å². The highest BCUT2D eigenvalue weighted by Gasteiger charge is 2.28. The van der Waals surface area contributed by atoms with Crippen LogP contribution in [0.15, 0.2) is 39.7 Å². The lowest BCUT2D eigenvalue weighted by atomic mass is 10.3. The van der Waals surface area contributed by atoms with Gasteiger partial charge >= 0.3 is 0 Å². The molecule has 8 heteroatoms. The number of furan rings is 1. The molecule has 1 aliphatic heterocycles. The summed E-state index contributed by atoms with van der Waals surface area (Å²) in [5, 5.41) is 6.64. The lowest BCUT2D eigenvalue weighted by Gasteiger charge is -2.15. The van der Waals surface area contributed by atoms with Crippen LogP contribution in [0.4, 0.5) is 5.69 Å². The molecule has 5 nitrogen and oxygen atoms in total. The molecule has 1 aromatic heterocycles. The van der Waals surface area contributed by atoms with Gasteiger partial charge in [0.1, 0.15) is 11.5 Å². The predicted octanol–water partition coefficient (Wildman–Crippen LogP) is 4.15. The lowest BCUT2D eigenvalue weighted by molar-refractivity contribution is -0.116. The molecule has 1 saturated heterocycles. The quantitative estimate of drug-likeness (QED) is 0.528. The molecule has 1 unspecified atom stereocenters. The summed E-state index contributed by atoms with van der Waals surface area (Å²) in [6.45, 7) is 0. The Labute approximate surface area is 155 Å². The van der Waals surface area contributed by atoms with E-state index in [1.807, 2.05) is 12.1 Å². The summed E-state index contributed by atoms with van der Waals surface area (Å²) in [5.41, 5.74) is 0.404. The van der Waals surface area contributed by atoms with Crippen molar-refractivity contribution in [2.75, 3.05) is 12.4 Å². The van der Waals surface area contributed by atoms with Gasteiger partial charge in [-0.2, -0.15) is 0 Å². The van der Waals surface area contributed by atoms with Crippen molar-refractivity contribution in [3.05, 3.63) is 49.8 Å². The molecule has 0 bridgehead atoms. The van der Waals surface area contributed by atoms with Gasteiger partial charge in [0.25, 0.3) is 5.91 Å².